The molecule has 9 heteroatoms. The Morgan fingerprint density at radius 3 is 2.37 bits per heavy atom. The predicted molar refractivity (Wildman–Crippen MR) is 126 cm³/mol. The van der Waals surface area contributed by atoms with E-state index in [1.807, 2.05) is 12.1 Å². The smallest absolute Gasteiger partial charge is 0.336 e. The van der Waals surface area contributed by atoms with E-state index in [2.05, 4.69) is 42.0 Å². The van der Waals surface area contributed by atoms with Gasteiger partial charge in [0.25, 0.3) is 0 Å². The second-order valence-corrected chi connectivity index (χ2v) is 8.27. The first-order valence-electron chi connectivity index (χ1n) is 9.67. The summed E-state index contributed by atoms with van der Waals surface area (Å²) in [7, 11) is 4.19. The number of likely N-dealkylation sites (tertiary alicyclic amines) is 1. The lowest BCUT2D eigenvalue weighted by Crippen LogP contribution is -2.42. The molecule has 0 spiro atoms. The number of thiol groups is 1. The van der Waals surface area contributed by atoms with E-state index in [4.69, 9.17) is 17.3 Å². The Bertz CT molecular complexity index is 916. The SMILES string of the molecule is CN1CCC(N(C)c2ccc(NC(=O)N(S)c3ccc(C(N)=O)cc3)cc2Cl)CC1. The fourth-order valence-corrected chi connectivity index (χ4v) is 4.01. The molecule has 2 aromatic rings. The summed E-state index contributed by atoms with van der Waals surface area (Å²) in [5.41, 5.74) is 7.60. The van der Waals surface area contributed by atoms with Gasteiger partial charge in [0.2, 0.25) is 5.91 Å². The molecule has 3 N–H and O–H groups in total. The number of hydrogen-bond acceptors (Lipinski definition) is 5. The Kier molecular flexibility index (Phi) is 7.12. The van der Waals surface area contributed by atoms with E-state index in [0.29, 0.717) is 28.0 Å². The van der Waals surface area contributed by atoms with Crippen molar-refractivity contribution in [2.75, 3.05) is 41.7 Å². The normalized spacial score (nSPS) is 14.9. The summed E-state index contributed by atoms with van der Waals surface area (Å²) < 4.78 is 1.15. The molecule has 1 saturated heterocycles. The van der Waals surface area contributed by atoms with Crippen LogP contribution in [0.2, 0.25) is 5.02 Å². The van der Waals surface area contributed by atoms with Crippen LogP contribution in [0.15, 0.2) is 42.5 Å². The van der Waals surface area contributed by atoms with Crippen molar-refractivity contribution in [3.05, 3.63) is 53.1 Å². The maximum Gasteiger partial charge on any atom is 0.336 e. The van der Waals surface area contributed by atoms with Crippen LogP contribution in [0.5, 0.6) is 0 Å². The van der Waals surface area contributed by atoms with Crippen LogP contribution in [0.1, 0.15) is 23.2 Å². The van der Waals surface area contributed by atoms with E-state index >= 15 is 0 Å². The van der Waals surface area contributed by atoms with E-state index in [1.165, 1.54) is 0 Å². The number of carbonyl (C=O) groups is 2. The molecular weight excluding hydrogens is 422 g/mol. The van der Waals surface area contributed by atoms with E-state index in [1.54, 1.807) is 30.3 Å². The van der Waals surface area contributed by atoms with Crippen LogP contribution in [0.25, 0.3) is 0 Å². The first-order chi connectivity index (χ1) is 14.3. The summed E-state index contributed by atoms with van der Waals surface area (Å²) in [6, 6.07) is 11.7. The second-order valence-electron chi connectivity index (χ2n) is 7.46. The third-order valence-corrected chi connectivity index (χ3v) is 6.12. The second kappa shape index (κ2) is 9.59. The van der Waals surface area contributed by atoms with Crippen molar-refractivity contribution in [3.63, 3.8) is 0 Å². The first kappa shape index (κ1) is 22.3. The van der Waals surface area contributed by atoms with Gasteiger partial charge in [-0.1, -0.05) is 24.4 Å². The molecule has 160 valence electrons. The van der Waals surface area contributed by atoms with Crippen LogP contribution in [-0.4, -0.2) is 50.1 Å². The minimum absolute atomic E-state index is 0.358. The molecule has 3 amide bonds. The van der Waals surface area contributed by atoms with Gasteiger partial charge in [-0.3, -0.25) is 4.79 Å². The molecule has 0 aliphatic carbocycles. The largest absolute Gasteiger partial charge is 0.370 e. The standard InChI is InChI=1S/C21H26ClN5O2S/c1-25-11-9-16(10-12-25)26(2)19-8-5-15(13-18(19)22)24-21(29)27(30)17-6-3-14(4-7-17)20(23)28/h3-8,13,16,30H,9-12H2,1-2H3,(H2,23,28)(H,24,29). The van der Waals surface area contributed by atoms with Crippen molar-refractivity contribution >= 4 is 53.4 Å². The first-order valence-corrected chi connectivity index (χ1v) is 10.4. The van der Waals surface area contributed by atoms with Crippen molar-refractivity contribution in [2.45, 2.75) is 18.9 Å². The summed E-state index contributed by atoms with van der Waals surface area (Å²) >= 11 is 10.8. The van der Waals surface area contributed by atoms with Gasteiger partial charge in [0.1, 0.15) is 0 Å². The maximum atomic E-state index is 12.5. The minimum Gasteiger partial charge on any atom is -0.370 e. The molecule has 1 heterocycles. The third kappa shape index (κ3) is 5.19. The van der Waals surface area contributed by atoms with Gasteiger partial charge in [0.15, 0.2) is 0 Å². The number of benzene rings is 2. The highest BCUT2D eigenvalue weighted by molar-refractivity contribution is 7.82. The van der Waals surface area contributed by atoms with Gasteiger partial charge in [-0.25, -0.2) is 9.10 Å². The van der Waals surface area contributed by atoms with Crippen molar-refractivity contribution in [1.82, 2.24) is 4.90 Å². The lowest BCUT2D eigenvalue weighted by Gasteiger charge is -2.36. The van der Waals surface area contributed by atoms with Gasteiger partial charge >= 0.3 is 6.03 Å². The average molecular weight is 448 g/mol. The van der Waals surface area contributed by atoms with Crippen LogP contribution < -0.4 is 20.3 Å². The van der Waals surface area contributed by atoms with E-state index in [-0.39, 0.29) is 0 Å². The number of rotatable bonds is 5. The van der Waals surface area contributed by atoms with Crippen molar-refractivity contribution in [3.8, 4) is 0 Å². The number of amides is 3. The fraction of sp³-hybridized carbons (Fsp3) is 0.333. The van der Waals surface area contributed by atoms with E-state index in [0.717, 1.165) is 35.9 Å². The molecule has 0 radical (unpaired) electrons. The molecule has 1 aliphatic rings. The summed E-state index contributed by atoms with van der Waals surface area (Å²) in [4.78, 5) is 28.2. The summed E-state index contributed by atoms with van der Waals surface area (Å²) in [6.07, 6.45) is 2.18. The molecule has 30 heavy (non-hydrogen) atoms. The van der Waals surface area contributed by atoms with Crippen LogP contribution in [0.4, 0.5) is 21.9 Å². The Morgan fingerprint density at radius 2 is 1.80 bits per heavy atom. The molecule has 1 fully saturated rings. The monoisotopic (exact) mass is 447 g/mol. The highest BCUT2D eigenvalue weighted by Crippen LogP contribution is 2.31. The lowest BCUT2D eigenvalue weighted by molar-refractivity contribution is 0.100. The molecule has 0 atom stereocenters. The van der Waals surface area contributed by atoms with Crippen molar-refractivity contribution < 1.29 is 9.59 Å². The molecular formula is C21H26ClN5O2S. The molecule has 0 bridgehead atoms. The topological polar surface area (TPSA) is 81.9 Å². The van der Waals surface area contributed by atoms with Gasteiger partial charge in [-0.15, -0.1) is 0 Å². The fourth-order valence-electron chi connectivity index (χ4n) is 3.51. The highest BCUT2D eigenvalue weighted by Gasteiger charge is 2.22. The molecule has 0 unspecified atom stereocenters. The van der Waals surface area contributed by atoms with Gasteiger partial charge < -0.3 is 20.9 Å². The minimum atomic E-state index is -0.531. The number of carbonyl (C=O) groups excluding carboxylic acids is 2. The van der Waals surface area contributed by atoms with Gasteiger partial charge in [0, 0.05) is 24.3 Å². The zero-order chi connectivity index (χ0) is 21.8. The number of nitrogens with zero attached hydrogens (tertiary/aromatic N) is 3. The van der Waals surface area contributed by atoms with Crippen LogP contribution in [0.3, 0.4) is 0 Å². The zero-order valence-electron chi connectivity index (χ0n) is 17.0. The number of primary amides is 1. The molecule has 0 saturated carbocycles. The van der Waals surface area contributed by atoms with Crippen molar-refractivity contribution in [2.24, 2.45) is 5.73 Å². The number of nitrogens with two attached hydrogens (primary N) is 1. The molecule has 1 aliphatic heterocycles. The molecule has 7 nitrogen and oxygen atoms in total. The lowest BCUT2D eigenvalue weighted by atomic mass is 10.0. The van der Waals surface area contributed by atoms with Crippen LogP contribution in [0, 0.1) is 0 Å². The maximum absolute atomic E-state index is 12.5. The molecule has 2 aromatic carbocycles. The quantitative estimate of drug-likeness (QED) is 0.608. The number of urea groups is 1. The van der Waals surface area contributed by atoms with Crippen LogP contribution >= 0.6 is 24.4 Å². The summed E-state index contributed by atoms with van der Waals surface area (Å²) in [6.45, 7) is 2.14. The predicted octanol–water partition coefficient (Wildman–Crippen LogP) is 3.85. The summed E-state index contributed by atoms with van der Waals surface area (Å²) in [5.74, 6) is -0.531. The van der Waals surface area contributed by atoms with Crippen LogP contribution in [-0.2, 0) is 0 Å². The Hall–Kier alpha value is -2.42. The Labute approximate surface area is 187 Å². The Morgan fingerprint density at radius 1 is 1.17 bits per heavy atom. The molecule has 0 aromatic heterocycles. The zero-order valence-corrected chi connectivity index (χ0v) is 18.7. The number of piperidine rings is 1. The molecule has 3 rings (SSSR count). The number of nitrogens with one attached hydrogen (secondary N) is 1. The summed E-state index contributed by atoms with van der Waals surface area (Å²) in [5, 5.41) is 3.35. The van der Waals surface area contributed by atoms with Gasteiger partial charge in [-0.05, 0) is 75.4 Å². The average Bonchev–Trinajstić information content (AvgIpc) is 2.73. The van der Waals surface area contributed by atoms with E-state index in [9.17, 15) is 9.59 Å². The third-order valence-electron chi connectivity index (χ3n) is 5.40. The van der Waals surface area contributed by atoms with E-state index < -0.39 is 11.9 Å². The number of halogens is 1. The van der Waals surface area contributed by atoms with Gasteiger partial charge in [0.05, 0.1) is 16.4 Å². The van der Waals surface area contributed by atoms with Crippen molar-refractivity contribution in [1.29, 1.82) is 0 Å². The number of anilines is 3. The van der Waals surface area contributed by atoms with Gasteiger partial charge in [-0.2, -0.15) is 0 Å². The number of hydrogen-bond donors (Lipinski definition) is 3. The Balaban J connectivity index is 1.65. The highest BCUT2D eigenvalue weighted by atomic mass is 35.5.